The van der Waals surface area contributed by atoms with E-state index in [9.17, 15) is 4.79 Å². The third-order valence-electron chi connectivity index (χ3n) is 2.42. The summed E-state index contributed by atoms with van der Waals surface area (Å²) in [7, 11) is 1.61. The van der Waals surface area contributed by atoms with Gasteiger partial charge < -0.3 is 10.5 Å². The van der Waals surface area contributed by atoms with Crippen LogP contribution in [0.4, 0.5) is 0 Å². The van der Waals surface area contributed by atoms with Crippen LogP contribution in [0.25, 0.3) is 0 Å². The fraction of sp³-hybridized carbons (Fsp3) is 0.417. The van der Waals surface area contributed by atoms with Gasteiger partial charge in [0.2, 0.25) is 0 Å². The number of carbonyl (C=O) groups excluding carboxylic acids is 1. The van der Waals surface area contributed by atoms with Crippen LogP contribution in [0.15, 0.2) is 16.6 Å². The van der Waals surface area contributed by atoms with Crippen LogP contribution in [0.1, 0.15) is 29.3 Å². The van der Waals surface area contributed by atoms with Gasteiger partial charge in [-0.1, -0.05) is 22.9 Å². The highest BCUT2D eigenvalue weighted by atomic mass is 79.9. The van der Waals surface area contributed by atoms with Gasteiger partial charge in [0.25, 0.3) is 0 Å². The maximum atomic E-state index is 11.7. The van der Waals surface area contributed by atoms with E-state index >= 15 is 0 Å². The quantitative estimate of drug-likeness (QED) is 0.846. The van der Waals surface area contributed by atoms with Crippen molar-refractivity contribution in [3.8, 4) is 5.75 Å². The fourth-order valence-corrected chi connectivity index (χ4v) is 2.30. The van der Waals surface area contributed by atoms with E-state index in [0.717, 1.165) is 22.2 Å². The lowest BCUT2D eigenvalue weighted by atomic mass is 10.0. The van der Waals surface area contributed by atoms with Crippen molar-refractivity contribution in [1.29, 1.82) is 0 Å². The minimum Gasteiger partial charge on any atom is -0.496 e. The van der Waals surface area contributed by atoms with E-state index in [1.807, 2.05) is 13.0 Å². The number of benzene rings is 1. The van der Waals surface area contributed by atoms with Gasteiger partial charge in [-0.25, -0.2) is 0 Å². The molecule has 0 bridgehead atoms. The Hall–Kier alpha value is -0.870. The SMILES string of the molecule is CCc1c(Br)cc(C(=O)CCN)cc1OC. The third-order valence-corrected chi connectivity index (χ3v) is 3.13. The predicted molar refractivity (Wildman–Crippen MR) is 68.1 cm³/mol. The van der Waals surface area contributed by atoms with Crippen molar-refractivity contribution < 1.29 is 9.53 Å². The van der Waals surface area contributed by atoms with Crippen LogP contribution in [-0.4, -0.2) is 19.4 Å². The molecule has 0 aromatic heterocycles. The van der Waals surface area contributed by atoms with E-state index in [-0.39, 0.29) is 5.78 Å². The number of rotatable bonds is 5. The van der Waals surface area contributed by atoms with Gasteiger partial charge in [-0.05, 0) is 25.1 Å². The largest absolute Gasteiger partial charge is 0.496 e. The Morgan fingerprint density at radius 2 is 2.19 bits per heavy atom. The number of halogens is 1. The third kappa shape index (κ3) is 2.83. The van der Waals surface area contributed by atoms with Gasteiger partial charge in [0, 0.05) is 22.0 Å². The number of carbonyl (C=O) groups is 1. The number of ether oxygens (including phenoxy) is 1. The predicted octanol–water partition coefficient (Wildman–Crippen LogP) is 2.55. The Labute approximate surface area is 104 Å². The summed E-state index contributed by atoms with van der Waals surface area (Å²) in [5.41, 5.74) is 7.09. The molecule has 1 aromatic rings. The second-order valence-corrected chi connectivity index (χ2v) is 4.31. The summed E-state index contributed by atoms with van der Waals surface area (Å²) in [6.07, 6.45) is 1.22. The molecule has 1 aromatic carbocycles. The van der Waals surface area contributed by atoms with Crippen molar-refractivity contribution in [2.24, 2.45) is 5.73 Å². The lowest BCUT2D eigenvalue weighted by molar-refractivity contribution is 0.0985. The van der Waals surface area contributed by atoms with Crippen LogP contribution in [0.3, 0.4) is 0 Å². The van der Waals surface area contributed by atoms with E-state index in [1.165, 1.54) is 0 Å². The van der Waals surface area contributed by atoms with Crippen molar-refractivity contribution in [3.63, 3.8) is 0 Å². The molecule has 2 N–H and O–H groups in total. The maximum Gasteiger partial charge on any atom is 0.164 e. The highest BCUT2D eigenvalue weighted by Gasteiger charge is 2.12. The number of Topliss-reactive ketones (excluding diaryl/α,β-unsaturated/α-hetero) is 1. The standard InChI is InChI=1S/C12H16BrNO2/c1-3-9-10(13)6-8(7-12(9)16-2)11(15)4-5-14/h6-7H,3-5,14H2,1-2H3. The van der Waals surface area contributed by atoms with Gasteiger partial charge in [0.1, 0.15) is 5.75 Å². The average Bonchev–Trinajstić information content (AvgIpc) is 2.28. The van der Waals surface area contributed by atoms with Crippen LogP contribution in [0, 0.1) is 0 Å². The summed E-state index contributed by atoms with van der Waals surface area (Å²) >= 11 is 3.45. The minimum absolute atomic E-state index is 0.0455. The molecule has 0 atom stereocenters. The normalized spacial score (nSPS) is 10.2. The summed E-state index contributed by atoms with van der Waals surface area (Å²) < 4.78 is 6.18. The molecule has 4 heteroatoms. The highest BCUT2D eigenvalue weighted by Crippen LogP contribution is 2.29. The van der Waals surface area contributed by atoms with Crippen LogP contribution in [-0.2, 0) is 6.42 Å². The Morgan fingerprint density at radius 1 is 1.50 bits per heavy atom. The molecule has 1 rings (SSSR count). The van der Waals surface area contributed by atoms with Crippen molar-refractivity contribution in [2.45, 2.75) is 19.8 Å². The van der Waals surface area contributed by atoms with Crippen molar-refractivity contribution >= 4 is 21.7 Å². The first-order valence-electron chi connectivity index (χ1n) is 5.23. The van der Waals surface area contributed by atoms with Gasteiger partial charge in [0.05, 0.1) is 7.11 Å². The minimum atomic E-state index is 0.0455. The summed E-state index contributed by atoms with van der Waals surface area (Å²) in [5, 5.41) is 0. The summed E-state index contributed by atoms with van der Waals surface area (Å²) in [6, 6.07) is 3.61. The number of hydrogen-bond donors (Lipinski definition) is 1. The summed E-state index contributed by atoms with van der Waals surface area (Å²) in [4.78, 5) is 11.7. The zero-order valence-electron chi connectivity index (χ0n) is 9.55. The molecule has 0 spiro atoms. The van der Waals surface area contributed by atoms with E-state index in [1.54, 1.807) is 13.2 Å². The van der Waals surface area contributed by atoms with Crippen LogP contribution >= 0.6 is 15.9 Å². The molecule has 0 aliphatic heterocycles. The van der Waals surface area contributed by atoms with E-state index in [4.69, 9.17) is 10.5 Å². The number of nitrogens with two attached hydrogens (primary N) is 1. The molecule has 3 nitrogen and oxygen atoms in total. The van der Waals surface area contributed by atoms with E-state index in [2.05, 4.69) is 15.9 Å². The average molecular weight is 286 g/mol. The van der Waals surface area contributed by atoms with Crippen LogP contribution < -0.4 is 10.5 Å². The van der Waals surface area contributed by atoms with E-state index < -0.39 is 0 Å². The molecule has 0 amide bonds. The lowest BCUT2D eigenvalue weighted by Gasteiger charge is -2.11. The molecule has 0 aliphatic carbocycles. The van der Waals surface area contributed by atoms with Crippen LogP contribution in [0.2, 0.25) is 0 Å². The molecule has 0 aliphatic rings. The first kappa shape index (κ1) is 13.2. The van der Waals surface area contributed by atoms with Crippen molar-refractivity contribution in [3.05, 3.63) is 27.7 Å². The molecule has 0 saturated heterocycles. The summed E-state index contributed by atoms with van der Waals surface area (Å²) in [6.45, 7) is 2.41. The second-order valence-electron chi connectivity index (χ2n) is 3.45. The first-order chi connectivity index (χ1) is 7.63. The smallest absolute Gasteiger partial charge is 0.164 e. The Bertz CT molecular complexity index is 391. The monoisotopic (exact) mass is 285 g/mol. The first-order valence-corrected chi connectivity index (χ1v) is 6.03. The maximum absolute atomic E-state index is 11.7. The molecule has 0 saturated carbocycles. The summed E-state index contributed by atoms with van der Waals surface area (Å²) in [5.74, 6) is 0.793. The number of ketones is 1. The van der Waals surface area contributed by atoms with Gasteiger partial charge in [-0.15, -0.1) is 0 Å². The van der Waals surface area contributed by atoms with Gasteiger partial charge >= 0.3 is 0 Å². The number of methoxy groups -OCH3 is 1. The second kappa shape index (κ2) is 6.01. The Balaban J connectivity index is 3.15. The van der Waals surface area contributed by atoms with Crippen molar-refractivity contribution in [2.75, 3.05) is 13.7 Å². The topological polar surface area (TPSA) is 52.3 Å². The van der Waals surface area contributed by atoms with Gasteiger partial charge in [-0.3, -0.25) is 4.79 Å². The molecular formula is C12H16BrNO2. The molecule has 0 fully saturated rings. The number of hydrogen-bond acceptors (Lipinski definition) is 3. The molecule has 0 heterocycles. The van der Waals surface area contributed by atoms with Crippen LogP contribution in [0.5, 0.6) is 5.75 Å². The molecule has 88 valence electrons. The molecule has 16 heavy (non-hydrogen) atoms. The zero-order valence-corrected chi connectivity index (χ0v) is 11.1. The van der Waals surface area contributed by atoms with Crippen molar-refractivity contribution in [1.82, 2.24) is 0 Å². The Morgan fingerprint density at radius 3 is 2.69 bits per heavy atom. The lowest BCUT2D eigenvalue weighted by Crippen LogP contribution is -2.08. The molecule has 0 radical (unpaired) electrons. The molecule has 0 unspecified atom stereocenters. The molecular weight excluding hydrogens is 270 g/mol. The van der Waals surface area contributed by atoms with E-state index in [0.29, 0.717) is 18.5 Å². The zero-order chi connectivity index (χ0) is 12.1. The Kier molecular flexibility index (Phi) is 4.96. The van der Waals surface area contributed by atoms with Gasteiger partial charge in [-0.2, -0.15) is 0 Å². The highest BCUT2D eigenvalue weighted by molar-refractivity contribution is 9.10. The fourth-order valence-electron chi connectivity index (χ4n) is 1.57. The van der Waals surface area contributed by atoms with Gasteiger partial charge in [0.15, 0.2) is 5.78 Å².